The van der Waals surface area contributed by atoms with Crippen molar-refractivity contribution < 1.29 is 18.7 Å². The number of halogens is 1. The lowest BCUT2D eigenvalue weighted by molar-refractivity contribution is 0.0156. The van der Waals surface area contributed by atoms with Crippen molar-refractivity contribution in [2.75, 3.05) is 20.1 Å². The average molecular weight is 401 g/mol. The van der Waals surface area contributed by atoms with Crippen molar-refractivity contribution in [1.82, 2.24) is 14.8 Å². The number of piperidine rings is 1. The SMILES string of the molecule is Cc1cc(C(=O)N2CCC(N(C)C(=O)OC(C)(C)C)CC2)c2ccc(F)cc2n1. The summed E-state index contributed by atoms with van der Waals surface area (Å²) in [6.07, 6.45) is 1.01. The second-order valence-electron chi connectivity index (χ2n) is 8.59. The topological polar surface area (TPSA) is 62.7 Å². The van der Waals surface area contributed by atoms with Gasteiger partial charge in [0.1, 0.15) is 11.4 Å². The first-order chi connectivity index (χ1) is 13.5. The maximum Gasteiger partial charge on any atom is 0.410 e. The molecule has 6 nitrogen and oxygen atoms in total. The highest BCUT2D eigenvalue weighted by atomic mass is 19.1. The Kier molecular flexibility index (Phi) is 5.78. The number of rotatable bonds is 2. The Morgan fingerprint density at radius 2 is 1.86 bits per heavy atom. The van der Waals surface area contributed by atoms with E-state index in [9.17, 15) is 14.0 Å². The maximum absolute atomic E-state index is 13.6. The van der Waals surface area contributed by atoms with E-state index in [0.29, 0.717) is 48.1 Å². The van der Waals surface area contributed by atoms with E-state index in [1.54, 1.807) is 35.9 Å². The quantitative estimate of drug-likeness (QED) is 0.758. The fraction of sp³-hybridized carbons (Fsp3) is 0.500. The van der Waals surface area contributed by atoms with Crippen LogP contribution in [-0.4, -0.2) is 58.6 Å². The van der Waals surface area contributed by atoms with Crippen LogP contribution in [0.15, 0.2) is 24.3 Å². The van der Waals surface area contributed by atoms with Crippen LogP contribution in [0.2, 0.25) is 0 Å². The number of amides is 2. The van der Waals surface area contributed by atoms with E-state index < -0.39 is 5.60 Å². The van der Waals surface area contributed by atoms with Crippen molar-refractivity contribution >= 4 is 22.9 Å². The van der Waals surface area contributed by atoms with Gasteiger partial charge in [-0.05, 0) is 58.7 Å². The fourth-order valence-corrected chi connectivity index (χ4v) is 3.62. The second-order valence-corrected chi connectivity index (χ2v) is 8.59. The molecular weight excluding hydrogens is 373 g/mol. The van der Waals surface area contributed by atoms with Crippen molar-refractivity contribution in [2.24, 2.45) is 0 Å². The highest BCUT2D eigenvalue weighted by Gasteiger charge is 2.30. The lowest BCUT2D eigenvalue weighted by atomic mass is 10.0. The lowest BCUT2D eigenvalue weighted by Gasteiger charge is -2.37. The zero-order chi connectivity index (χ0) is 21.3. The van der Waals surface area contributed by atoms with Crippen LogP contribution in [0.4, 0.5) is 9.18 Å². The molecule has 1 aliphatic rings. The molecule has 0 bridgehead atoms. The number of fused-ring (bicyclic) bond motifs is 1. The predicted molar refractivity (Wildman–Crippen MR) is 109 cm³/mol. The summed E-state index contributed by atoms with van der Waals surface area (Å²) in [5.41, 5.74) is 1.15. The molecule has 0 atom stereocenters. The number of hydrogen-bond donors (Lipinski definition) is 0. The number of carbonyl (C=O) groups excluding carboxylic acids is 2. The van der Waals surface area contributed by atoms with Gasteiger partial charge in [-0.25, -0.2) is 9.18 Å². The molecule has 0 unspecified atom stereocenters. The number of nitrogens with zero attached hydrogens (tertiary/aromatic N) is 3. The van der Waals surface area contributed by atoms with Crippen molar-refractivity contribution in [2.45, 2.75) is 52.2 Å². The molecule has 0 N–H and O–H groups in total. The summed E-state index contributed by atoms with van der Waals surface area (Å²) in [6.45, 7) is 8.40. The number of likely N-dealkylation sites (tertiary alicyclic amines) is 1. The van der Waals surface area contributed by atoms with Crippen molar-refractivity contribution in [3.05, 3.63) is 41.3 Å². The summed E-state index contributed by atoms with van der Waals surface area (Å²) in [6, 6.07) is 6.08. The van der Waals surface area contributed by atoms with Gasteiger partial charge in [-0.1, -0.05) is 0 Å². The van der Waals surface area contributed by atoms with Gasteiger partial charge in [-0.15, -0.1) is 0 Å². The number of hydrogen-bond acceptors (Lipinski definition) is 4. The Morgan fingerprint density at radius 3 is 2.48 bits per heavy atom. The molecule has 0 radical (unpaired) electrons. The van der Waals surface area contributed by atoms with E-state index in [-0.39, 0.29) is 23.9 Å². The molecule has 1 aromatic heterocycles. The first kappa shape index (κ1) is 21.0. The van der Waals surface area contributed by atoms with Crippen LogP contribution >= 0.6 is 0 Å². The van der Waals surface area contributed by atoms with Gasteiger partial charge in [0.25, 0.3) is 5.91 Å². The van der Waals surface area contributed by atoms with Crippen molar-refractivity contribution in [1.29, 1.82) is 0 Å². The fourth-order valence-electron chi connectivity index (χ4n) is 3.62. The summed E-state index contributed by atoms with van der Waals surface area (Å²) in [5, 5.41) is 0.648. The molecule has 2 amide bonds. The van der Waals surface area contributed by atoms with Crippen LogP contribution in [-0.2, 0) is 4.74 Å². The number of aromatic nitrogens is 1. The highest BCUT2D eigenvalue weighted by Crippen LogP contribution is 2.24. The predicted octanol–water partition coefficient (Wildman–Crippen LogP) is 4.15. The summed E-state index contributed by atoms with van der Waals surface area (Å²) < 4.78 is 19.0. The molecular formula is C22H28FN3O3. The van der Waals surface area contributed by atoms with Crippen LogP contribution in [0.3, 0.4) is 0 Å². The van der Waals surface area contributed by atoms with Gasteiger partial charge in [0, 0.05) is 43.3 Å². The average Bonchev–Trinajstić information content (AvgIpc) is 2.64. The van der Waals surface area contributed by atoms with Crippen LogP contribution in [0.5, 0.6) is 0 Å². The summed E-state index contributed by atoms with van der Waals surface area (Å²) in [5.74, 6) is -0.467. The van der Waals surface area contributed by atoms with Gasteiger partial charge in [0.15, 0.2) is 0 Å². The Hall–Kier alpha value is -2.70. The molecule has 2 heterocycles. The van der Waals surface area contributed by atoms with Crippen LogP contribution in [0.1, 0.15) is 49.7 Å². The number of aryl methyl sites for hydroxylation is 1. The Balaban J connectivity index is 1.71. The molecule has 1 aromatic carbocycles. The standard InChI is InChI=1S/C22H28FN3O3/c1-14-12-18(17-7-6-15(23)13-19(17)24-14)20(27)26-10-8-16(9-11-26)25(5)21(28)29-22(2,3)4/h6-7,12-13,16H,8-11H2,1-5H3. The monoisotopic (exact) mass is 401 g/mol. The zero-order valence-electron chi connectivity index (χ0n) is 17.7. The normalized spacial score (nSPS) is 15.4. The number of benzene rings is 1. The van der Waals surface area contributed by atoms with E-state index in [0.717, 1.165) is 0 Å². The molecule has 1 aliphatic heterocycles. The molecule has 1 saturated heterocycles. The maximum atomic E-state index is 13.6. The van der Waals surface area contributed by atoms with E-state index in [4.69, 9.17) is 4.74 Å². The van der Waals surface area contributed by atoms with E-state index in [1.165, 1.54) is 12.1 Å². The van der Waals surface area contributed by atoms with Gasteiger partial charge >= 0.3 is 6.09 Å². The Labute approximate surface area is 170 Å². The third kappa shape index (κ3) is 4.83. The third-order valence-corrected chi connectivity index (χ3v) is 5.11. The molecule has 0 aliphatic carbocycles. The van der Waals surface area contributed by atoms with Crippen molar-refractivity contribution in [3.8, 4) is 0 Å². The molecule has 0 spiro atoms. The first-order valence-corrected chi connectivity index (χ1v) is 9.87. The molecule has 0 saturated carbocycles. The van der Waals surface area contributed by atoms with Gasteiger partial charge in [0.05, 0.1) is 11.1 Å². The van der Waals surface area contributed by atoms with Crippen molar-refractivity contribution in [3.63, 3.8) is 0 Å². The highest BCUT2D eigenvalue weighted by molar-refractivity contribution is 6.06. The minimum atomic E-state index is -0.540. The van der Waals surface area contributed by atoms with Crippen LogP contribution < -0.4 is 0 Å². The molecule has 3 rings (SSSR count). The number of ether oxygens (including phenoxy) is 1. The molecule has 7 heteroatoms. The number of pyridine rings is 1. The van der Waals surface area contributed by atoms with Gasteiger partial charge in [-0.2, -0.15) is 0 Å². The van der Waals surface area contributed by atoms with E-state index in [1.807, 2.05) is 20.8 Å². The lowest BCUT2D eigenvalue weighted by Crippen LogP contribution is -2.48. The largest absolute Gasteiger partial charge is 0.444 e. The first-order valence-electron chi connectivity index (χ1n) is 9.87. The van der Waals surface area contributed by atoms with Gasteiger partial charge < -0.3 is 14.5 Å². The van der Waals surface area contributed by atoms with Gasteiger partial charge in [-0.3, -0.25) is 9.78 Å². The summed E-state index contributed by atoms with van der Waals surface area (Å²) in [7, 11) is 1.74. The molecule has 156 valence electrons. The summed E-state index contributed by atoms with van der Waals surface area (Å²) >= 11 is 0. The van der Waals surface area contributed by atoms with Crippen LogP contribution in [0, 0.1) is 12.7 Å². The van der Waals surface area contributed by atoms with Crippen LogP contribution in [0.25, 0.3) is 10.9 Å². The Bertz CT molecular complexity index is 926. The Morgan fingerprint density at radius 1 is 1.21 bits per heavy atom. The van der Waals surface area contributed by atoms with E-state index >= 15 is 0 Å². The zero-order valence-corrected chi connectivity index (χ0v) is 17.7. The molecule has 2 aromatic rings. The third-order valence-electron chi connectivity index (χ3n) is 5.11. The number of carbonyl (C=O) groups is 2. The smallest absolute Gasteiger partial charge is 0.410 e. The molecule has 29 heavy (non-hydrogen) atoms. The summed E-state index contributed by atoms with van der Waals surface area (Å²) in [4.78, 5) is 33.2. The minimum Gasteiger partial charge on any atom is -0.444 e. The molecule has 1 fully saturated rings. The van der Waals surface area contributed by atoms with Gasteiger partial charge in [0.2, 0.25) is 0 Å². The minimum absolute atomic E-state index is 0.0268. The second kappa shape index (κ2) is 7.97. The van der Waals surface area contributed by atoms with E-state index in [2.05, 4.69) is 4.98 Å².